The Morgan fingerprint density at radius 2 is 1.81 bits per heavy atom. The number of aliphatic hydroxyl groups excluding tert-OH is 1. The fraction of sp³-hybridized carbons (Fsp3) is 1.00. The standard InChI is InChI=1S/C14H27NO/c1-12(2,3)15-9-5-6-13(15,4)10-14(11-16)7-8-14/h16H,5-11H2,1-4H3. The fourth-order valence-electron chi connectivity index (χ4n) is 3.73. The predicted octanol–water partition coefficient (Wildman–Crippen LogP) is 2.80. The molecule has 1 N–H and O–H groups in total. The van der Waals surface area contributed by atoms with Crippen molar-refractivity contribution in [2.45, 2.75) is 70.9 Å². The highest BCUT2D eigenvalue weighted by Gasteiger charge is 2.51. The van der Waals surface area contributed by atoms with Gasteiger partial charge in [-0.25, -0.2) is 0 Å². The van der Waals surface area contributed by atoms with Crippen molar-refractivity contribution in [3.05, 3.63) is 0 Å². The average molecular weight is 225 g/mol. The van der Waals surface area contributed by atoms with Crippen LogP contribution in [0, 0.1) is 5.41 Å². The molecule has 0 aromatic rings. The molecule has 2 rings (SSSR count). The van der Waals surface area contributed by atoms with Gasteiger partial charge in [0.05, 0.1) is 0 Å². The Hall–Kier alpha value is -0.0800. The Balaban J connectivity index is 2.11. The van der Waals surface area contributed by atoms with E-state index >= 15 is 0 Å². The van der Waals surface area contributed by atoms with Gasteiger partial charge in [-0.2, -0.15) is 0 Å². The van der Waals surface area contributed by atoms with E-state index in [-0.39, 0.29) is 11.0 Å². The minimum absolute atomic E-state index is 0.261. The van der Waals surface area contributed by atoms with Gasteiger partial charge in [-0.05, 0) is 71.8 Å². The van der Waals surface area contributed by atoms with Crippen molar-refractivity contribution >= 4 is 0 Å². The molecule has 1 saturated carbocycles. The lowest BCUT2D eigenvalue weighted by atomic mass is 9.83. The van der Waals surface area contributed by atoms with Crippen LogP contribution in [-0.4, -0.2) is 34.2 Å². The van der Waals surface area contributed by atoms with Gasteiger partial charge in [0, 0.05) is 17.7 Å². The lowest BCUT2D eigenvalue weighted by Gasteiger charge is -2.46. The SMILES string of the molecule is CC(C)(C)N1CCCC1(C)CC1(CO)CC1. The van der Waals surface area contributed by atoms with Crippen LogP contribution in [0.5, 0.6) is 0 Å². The summed E-state index contributed by atoms with van der Waals surface area (Å²) < 4.78 is 0. The molecule has 2 fully saturated rings. The van der Waals surface area contributed by atoms with Gasteiger partial charge >= 0.3 is 0 Å². The van der Waals surface area contributed by atoms with E-state index in [0.717, 1.165) is 0 Å². The Bertz CT molecular complexity index is 264. The van der Waals surface area contributed by atoms with E-state index < -0.39 is 0 Å². The van der Waals surface area contributed by atoms with Gasteiger partial charge in [0.1, 0.15) is 0 Å². The number of hydrogen-bond donors (Lipinski definition) is 1. The second kappa shape index (κ2) is 3.71. The lowest BCUT2D eigenvalue weighted by Crippen LogP contribution is -2.52. The molecular formula is C14H27NO. The van der Waals surface area contributed by atoms with E-state index in [4.69, 9.17) is 0 Å². The summed E-state index contributed by atoms with van der Waals surface area (Å²) in [5, 5.41) is 9.50. The molecule has 0 aromatic carbocycles. The largest absolute Gasteiger partial charge is 0.396 e. The van der Waals surface area contributed by atoms with E-state index in [1.807, 2.05) is 0 Å². The molecule has 1 atom stereocenters. The van der Waals surface area contributed by atoms with Crippen LogP contribution in [0.25, 0.3) is 0 Å². The van der Waals surface area contributed by atoms with E-state index in [2.05, 4.69) is 32.6 Å². The third-order valence-electron chi connectivity index (χ3n) is 4.61. The molecule has 1 saturated heterocycles. The molecule has 1 aliphatic carbocycles. The number of nitrogens with zero attached hydrogens (tertiary/aromatic N) is 1. The first-order valence-electron chi connectivity index (χ1n) is 6.70. The molecular weight excluding hydrogens is 198 g/mol. The molecule has 94 valence electrons. The summed E-state index contributed by atoms with van der Waals surface area (Å²) in [4.78, 5) is 2.66. The summed E-state index contributed by atoms with van der Waals surface area (Å²) in [5.41, 5.74) is 0.858. The van der Waals surface area contributed by atoms with Gasteiger partial charge in [0.2, 0.25) is 0 Å². The molecule has 0 amide bonds. The lowest BCUT2D eigenvalue weighted by molar-refractivity contribution is 0.0250. The van der Waals surface area contributed by atoms with Crippen LogP contribution in [-0.2, 0) is 0 Å². The number of likely N-dealkylation sites (tertiary alicyclic amines) is 1. The van der Waals surface area contributed by atoms with E-state index in [1.165, 1.54) is 38.6 Å². The molecule has 16 heavy (non-hydrogen) atoms. The van der Waals surface area contributed by atoms with Crippen molar-refractivity contribution in [1.82, 2.24) is 4.90 Å². The van der Waals surface area contributed by atoms with Crippen LogP contribution in [0.2, 0.25) is 0 Å². The van der Waals surface area contributed by atoms with Gasteiger partial charge in [0.25, 0.3) is 0 Å². The van der Waals surface area contributed by atoms with Crippen LogP contribution in [0.1, 0.15) is 59.8 Å². The van der Waals surface area contributed by atoms with Gasteiger partial charge in [-0.1, -0.05) is 0 Å². The van der Waals surface area contributed by atoms with Crippen molar-refractivity contribution in [3.63, 3.8) is 0 Å². The third kappa shape index (κ3) is 2.14. The quantitative estimate of drug-likeness (QED) is 0.798. The van der Waals surface area contributed by atoms with Crippen molar-refractivity contribution < 1.29 is 5.11 Å². The molecule has 1 aliphatic heterocycles. The highest BCUT2D eigenvalue weighted by atomic mass is 16.3. The zero-order valence-corrected chi connectivity index (χ0v) is 11.3. The molecule has 0 radical (unpaired) electrons. The monoisotopic (exact) mass is 225 g/mol. The summed E-state index contributed by atoms with van der Waals surface area (Å²) in [6.45, 7) is 11.0. The van der Waals surface area contributed by atoms with Crippen molar-refractivity contribution in [1.29, 1.82) is 0 Å². The van der Waals surface area contributed by atoms with Gasteiger partial charge in [-0.3, -0.25) is 4.90 Å². The van der Waals surface area contributed by atoms with E-state index in [9.17, 15) is 5.11 Å². The topological polar surface area (TPSA) is 23.5 Å². The van der Waals surface area contributed by atoms with Gasteiger partial charge in [0.15, 0.2) is 0 Å². The first-order chi connectivity index (χ1) is 7.31. The Labute approximate surface area is 100 Å². The summed E-state index contributed by atoms with van der Waals surface area (Å²) in [6.07, 6.45) is 6.27. The van der Waals surface area contributed by atoms with Crippen LogP contribution in [0.15, 0.2) is 0 Å². The smallest absolute Gasteiger partial charge is 0.0488 e. The zero-order valence-electron chi connectivity index (χ0n) is 11.3. The maximum absolute atomic E-state index is 9.50. The second-order valence-corrected chi connectivity index (χ2v) is 7.26. The Morgan fingerprint density at radius 1 is 1.19 bits per heavy atom. The average Bonchev–Trinajstić information content (AvgIpc) is 2.80. The molecule has 0 bridgehead atoms. The van der Waals surface area contributed by atoms with Gasteiger partial charge < -0.3 is 5.11 Å². The van der Waals surface area contributed by atoms with Crippen molar-refractivity contribution in [2.24, 2.45) is 5.41 Å². The molecule has 0 spiro atoms. The van der Waals surface area contributed by atoms with Crippen LogP contribution < -0.4 is 0 Å². The maximum Gasteiger partial charge on any atom is 0.0488 e. The number of aliphatic hydroxyl groups is 1. The van der Waals surface area contributed by atoms with E-state index in [0.29, 0.717) is 12.1 Å². The van der Waals surface area contributed by atoms with E-state index in [1.54, 1.807) is 0 Å². The normalized spacial score (nSPS) is 34.3. The molecule has 0 aromatic heterocycles. The third-order valence-corrected chi connectivity index (χ3v) is 4.61. The minimum atomic E-state index is 0.261. The molecule has 2 aliphatic rings. The van der Waals surface area contributed by atoms with Crippen molar-refractivity contribution in [2.75, 3.05) is 13.2 Å². The molecule has 2 heteroatoms. The highest BCUT2D eigenvalue weighted by Crippen LogP contribution is 2.54. The second-order valence-electron chi connectivity index (χ2n) is 7.26. The van der Waals surface area contributed by atoms with Crippen LogP contribution in [0.3, 0.4) is 0 Å². The molecule has 1 heterocycles. The summed E-state index contributed by atoms with van der Waals surface area (Å²) in [6, 6.07) is 0. The molecule has 1 unspecified atom stereocenters. The first kappa shape index (κ1) is 12.4. The minimum Gasteiger partial charge on any atom is -0.396 e. The predicted molar refractivity (Wildman–Crippen MR) is 67.5 cm³/mol. The Morgan fingerprint density at radius 3 is 2.25 bits per heavy atom. The molecule has 2 nitrogen and oxygen atoms in total. The summed E-state index contributed by atoms with van der Waals surface area (Å²) in [5.74, 6) is 0. The fourth-order valence-corrected chi connectivity index (χ4v) is 3.73. The highest BCUT2D eigenvalue weighted by molar-refractivity contribution is 5.05. The zero-order chi connectivity index (χ0) is 12.0. The summed E-state index contributed by atoms with van der Waals surface area (Å²) >= 11 is 0. The first-order valence-corrected chi connectivity index (χ1v) is 6.70. The van der Waals surface area contributed by atoms with Crippen LogP contribution in [0.4, 0.5) is 0 Å². The van der Waals surface area contributed by atoms with Gasteiger partial charge in [-0.15, -0.1) is 0 Å². The number of rotatable bonds is 3. The van der Waals surface area contributed by atoms with Crippen molar-refractivity contribution in [3.8, 4) is 0 Å². The van der Waals surface area contributed by atoms with Crippen LogP contribution >= 0.6 is 0 Å². The maximum atomic E-state index is 9.50. The Kier molecular flexibility index (Phi) is 2.87. The summed E-state index contributed by atoms with van der Waals surface area (Å²) in [7, 11) is 0. The number of hydrogen-bond acceptors (Lipinski definition) is 2.